The van der Waals surface area contributed by atoms with Crippen molar-refractivity contribution in [2.75, 3.05) is 6.61 Å². The Balaban J connectivity index is 1.81. The molecule has 0 bridgehead atoms. The van der Waals surface area contributed by atoms with Gasteiger partial charge in [0.15, 0.2) is 0 Å². The molecule has 98 valence electrons. The van der Waals surface area contributed by atoms with Crippen LogP contribution >= 0.6 is 27.5 Å². The first-order valence-electron chi connectivity index (χ1n) is 6.22. The van der Waals surface area contributed by atoms with Gasteiger partial charge in [-0.2, -0.15) is 0 Å². The molecule has 0 saturated heterocycles. The molecule has 1 unspecified atom stereocenters. The summed E-state index contributed by atoms with van der Waals surface area (Å²) in [6.45, 7) is 0.794. The molecule has 2 nitrogen and oxygen atoms in total. The molecule has 1 aliphatic rings. The smallest absolute Gasteiger partial charge is 0.122 e. The van der Waals surface area contributed by atoms with Crippen molar-refractivity contribution in [3.8, 4) is 5.75 Å². The molecular weight excluding hydrogens is 326 g/mol. The Morgan fingerprint density at radius 1 is 1.37 bits per heavy atom. The minimum Gasteiger partial charge on any atom is -0.493 e. The van der Waals surface area contributed by atoms with Gasteiger partial charge < -0.3 is 4.74 Å². The van der Waals surface area contributed by atoms with Gasteiger partial charge in [0.25, 0.3) is 0 Å². The van der Waals surface area contributed by atoms with Crippen molar-refractivity contribution in [1.29, 1.82) is 0 Å². The van der Waals surface area contributed by atoms with E-state index in [9.17, 15) is 0 Å². The van der Waals surface area contributed by atoms with Gasteiger partial charge in [0, 0.05) is 23.6 Å². The zero-order valence-electron chi connectivity index (χ0n) is 10.3. The SMILES string of the molecule is Clc1cnccc1CC(Br)c1ccc2c(c1)CCO2. The number of hydrogen-bond acceptors (Lipinski definition) is 2. The molecule has 0 N–H and O–H groups in total. The Bertz CT molecular complexity index is 602. The Labute approximate surface area is 125 Å². The number of hydrogen-bond donors (Lipinski definition) is 0. The zero-order chi connectivity index (χ0) is 13.2. The molecule has 1 aromatic heterocycles. The summed E-state index contributed by atoms with van der Waals surface area (Å²) in [5, 5.41) is 0.719. The van der Waals surface area contributed by atoms with Gasteiger partial charge in [-0.3, -0.25) is 4.98 Å². The third kappa shape index (κ3) is 2.77. The second-order valence-corrected chi connectivity index (χ2v) is 6.12. The molecule has 0 amide bonds. The molecule has 2 heterocycles. The van der Waals surface area contributed by atoms with Gasteiger partial charge in [-0.1, -0.05) is 39.7 Å². The zero-order valence-corrected chi connectivity index (χ0v) is 12.6. The lowest BCUT2D eigenvalue weighted by Crippen LogP contribution is -1.97. The maximum absolute atomic E-state index is 6.15. The van der Waals surface area contributed by atoms with Crippen LogP contribution in [0.25, 0.3) is 0 Å². The summed E-state index contributed by atoms with van der Waals surface area (Å²) in [7, 11) is 0. The maximum atomic E-state index is 6.15. The van der Waals surface area contributed by atoms with E-state index in [1.807, 2.05) is 6.07 Å². The molecule has 19 heavy (non-hydrogen) atoms. The minimum atomic E-state index is 0.248. The van der Waals surface area contributed by atoms with Crippen molar-refractivity contribution in [3.63, 3.8) is 0 Å². The number of rotatable bonds is 3. The predicted molar refractivity (Wildman–Crippen MR) is 80.3 cm³/mol. The van der Waals surface area contributed by atoms with Crippen LogP contribution in [-0.2, 0) is 12.8 Å². The van der Waals surface area contributed by atoms with E-state index < -0.39 is 0 Å². The van der Waals surface area contributed by atoms with Crippen LogP contribution in [0.1, 0.15) is 21.5 Å². The first kappa shape index (κ1) is 12.9. The molecule has 0 radical (unpaired) electrons. The lowest BCUT2D eigenvalue weighted by molar-refractivity contribution is 0.357. The Kier molecular flexibility index (Phi) is 3.76. The van der Waals surface area contributed by atoms with Crippen LogP contribution in [0.5, 0.6) is 5.75 Å². The average Bonchev–Trinajstić information content (AvgIpc) is 2.88. The summed E-state index contributed by atoms with van der Waals surface area (Å²) in [6, 6.07) is 8.35. The van der Waals surface area contributed by atoms with E-state index in [1.165, 1.54) is 11.1 Å². The molecule has 1 aromatic carbocycles. The highest BCUT2D eigenvalue weighted by molar-refractivity contribution is 9.09. The van der Waals surface area contributed by atoms with Crippen LogP contribution in [0.15, 0.2) is 36.7 Å². The lowest BCUT2D eigenvalue weighted by Gasteiger charge is -2.12. The maximum Gasteiger partial charge on any atom is 0.122 e. The predicted octanol–water partition coefficient (Wildman–Crippen LogP) is 4.35. The van der Waals surface area contributed by atoms with Crippen LogP contribution in [0.4, 0.5) is 0 Å². The standard InChI is InChI=1S/C15H13BrClNO/c16-13(8-11-3-5-18-9-14(11)17)10-1-2-15-12(7-10)4-6-19-15/h1-3,5,7,9,13H,4,6,8H2. The third-order valence-electron chi connectivity index (χ3n) is 3.33. The highest BCUT2D eigenvalue weighted by Crippen LogP contribution is 2.34. The summed E-state index contributed by atoms with van der Waals surface area (Å²) in [5.41, 5.74) is 3.66. The summed E-state index contributed by atoms with van der Waals surface area (Å²) in [4.78, 5) is 4.26. The number of halogens is 2. The number of alkyl halides is 1. The second kappa shape index (κ2) is 5.51. The summed E-state index contributed by atoms with van der Waals surface area (Å²) < 4.78 is 5.53. The molecule has 2 aromatic rings. The Hall–Kier alpha value is -1.06. The third-order valence-corrected chi connectivity index (χ3v) is 4.52. The van der Waals surface area contributed by atoms with Crippen molar-refractivity contribution >= 4 is 27.5 Å². The summed E-state index contributed by atoms with van der Waals surface area (Å²) >= 11 is 9.89. The largest absolute Gasteiger partial charge is 0.493 e. The van der Waals surface area contributed by atoms with Gasteiger partial charge >= 0.3 is 0 Å². The van der Waals surface area contributed by atoms with E-state index in [0.717, 1.165) is 35.8 Å². The number of pyridine rings is 1. The minimum absolute atomic E-state index is 0.248. The highest BCUT2D eigenvalue weighted by Gasteiger charge is 2.16. The van der Waals surface area contributed by atoms with Crippen LogP contribution < -0.4 is 4.74 Å². The molecular formula is C15H13BrClNO. The van der Waals surface area contributed by atoms with Crippen LogP contribution in [-0.4, -0.2) is 11.6 Å². The fraction of sp³-hybridized carbons (Fsp3) is 0.267. The molecule has 3 rings (SSSR count). The van der Waals surface area contributed by atoms with Gasteiger partial charge in [-0.15, -0.1) is 0 Å². The van der Waals surface area contributed by atoms with E-state index >= 15 is 0 Å². The molecule has 4 heteroatoms. The fourth-order valence-corrected chi connectivity index (χ4v) is 3.11. The Morgan fingerprint density at radius 3 is 3.11 bits per heavy atom. The average molecular weight is 339 g/mol. The number of fused-ring (bicyclic) bond motifs is 1. The van der Waals surface area contributed by atoms with Crippen LogP contribution in [0.3, 0.4) is 0 Å². The van der Waals surface area contributed by atoms with E-state index in [4.69, 9.17) is 16.3 Å². The monoisotopic (exact) mass is 337 g/mol. The molecule has 0 fully saturated rings. The summed E-state index contributed by atoms with van der Waals surface area (Å²) in [5.74, 6) is 1.02. The normalized spacial score (nSPS) is 14.8. The Morgan fingerprint density at radius 2 is 2.26 bits per heavy atom. The summed E-state index contributed by atoms with van der Waals surface area (Å²) in [6.07, 6.45) is 5.31. The lowest BCUT2D eigenvalue weighted by atomic mass is 10.0. The highest BCUT2D eigenvalue weighted by atomic mass is 79.9. The molecule has 1 aliphatic heterocycles. The van der Waals surface area contributed by atoms with Crippen molar-refractivity contribution in [1.82, 2.24) is 4.98 Å². The number of ether oxygens (including phenoxy) is 1. The number of benzene rings is 1. The van der Waals surface area contributed by atoms with E-state index in [-0.39, 0.29) is 4.83 Å². The van der Waals surface area contributed by atoms with Crippen molar-refractivity contribution in [2.45, 2.75) is 17.7 Å². The first-order valence-corrected chi connectivity index (χ1v) is 7.51. The van der Waals surface area contributed by atoms with Crippen LogP contribution in [0, 0.1) is 0 Å². The van der Waals surface area contributed by atoms with Crippen molar-refractivity contribution < 1.29 is 4.74 Å². The number of nitrogens with zero attached hydrogens (tertiary/aromatic N) is 1. The fourth-order valence-electron chi connectivity index (χ4n) is 2.28. The molecule has 0 saturated carbocycles. The van der Waals surface area contributed by atoms with E-state index in [2.05, 4.69) is 39.1 Å². The van der Waals surface area contributed by atoms with Crippen molar-refractivity contribution in [3.05, 3.63) is 58.4 Å². The topological polar surface area (TPSA) is 22.1 Å². The van der Waals surface area contributed by atoms with E-state index in [0.29, 0.717) is 0 Å². The molecule has 1 atom stereocenters. The first-order chi connectivity index (χ1) is 9.24. The molecule has 0 spiro atoms. The number of aromatic nitrogens is 1. The van der Waals surface area contributed by atoms with Crippen LogP contribution in [0.2, 0.25) is 5.02 Å². The van der Waals surface area contributed by atoms with Gasteiger partial charge in [0.2, 0.25) is 0 Å². The van der Waals surface area contributed by atoms with E-state index in [1.54, 1.807) is 12.4 Å². The molecule has 0 aliphatic carbocycles. The van der Waals surface area contributed by atoms with Gasteiger partial charge in [0.1, 0.15) is 5.75 Å². The van der Waals surface area contributed by atoms with Gasteiger partial charge in [-0.05, 0) is 35.2 Å². The van der Waals surface area contributed by atoms with Gasteiger partial charge in [-0.25, -0.2) is 0 Å². The van der Waals surface area contributed by atoms with Gasteiger partial charge in [0.05, 0.1) is 11.6 Å². The second-order valence-electron chi connectivity index (χ2n) is 4.60. The van der Waals surface area contributed by atoms with Crippen molar-refractivity contribution in [2.24, 2.45) is 0 Å². The quantitative estimate of drug-likeness (QED) is 0.776.